The molecule has 0 saturated heterocycles. The first-order valence-corrected chi connectivity index (χ1v) is 12.6. The van der Waals surface area contributed by atoms with Crippen LogP contribution >= 0.6 is 0 Å². The van der Waals surface area contributed by atoms with E-state index in [9.17, 15) is 19.5 Å². The van der Waals surface area contributed by atoms with Crippen molar-refractivity contribution in [3.05, 3.63) is 59.7 Å². The van der Waals surface area contributed by atoms with Gasteiger partial charge >= 0.3 is 12.1 Å². The number of hydrogen-bond donors (Lipinski definition) is 3. The second-order valence-corrected chi connectivity index (χ2v) is 9.56. The number of fused-ring (bicyclic) bond motifs is 3. The highest BCUT2D eigenvalue weighted by Crippen LogP contribution is 2.44. The fraction of sp³-hybridized carbons (Fsp3) is 0.464. The number of carboxylic acids is 1. The number of nitrogens with one attached hydrogen (secondary N) is 2. The van der Waals surface area contributed by atoms with Crippen molar-refractivity contribution in [3.8, 4) is 11.1 Å². The Morgan fingerprint density at radius 1 is 1.03 bits per heavy atom. The molecular weight excluding hydrogens is 444 g/mol. The number of ether oxygens (including phenoxy) is 1. The van der Waals surface area contributed by atoms with Crippen LogP contribution in [0.25, 0.3) is 11.1 Å². The number of carbonyl (C=O) groups excluding carboxylic acids is 2. The third kappa shape index (κ3) is 5.84. The van der Waals surface area contributed by atoms with Gasteiger partial charge in [0, 0.05) is 24.4 Å². The zero-order valence-electron chi connectivity index (χ0n) is 20.2. The van der Waals surface area contributed by atoms with Crippen molar-refractivity contribution in [3.63, 3.8) is 0 Å². The van der Waals surface area contributed by atoms with Crippen LogP contribution in [0.2, 0.25) is 0 Å². The summed E-state index contributed by atoms with van der Waals surface area (Å²) in [5.41, 5.74) is 4.63. The van der Waals surface area contributed by atoms with E-state index in [1.165, 1.54) is 11.1 Å². The van der Waals surface area contributed by atoms with Crippen molar-refractivity contribution in [2.45, 2.75) is 69.9 Å². The molecule has 7 nitrogen and oxygen atoms in total. The second-order valence-electron chi connectivity index (χ2n) is 9.56. The summed E-state index contributed by atoms with van der Waals surface area (Å²) in [5.74, 6) is -1.67. The van der Waals surface area contributed by atoms with E-state index in [0.29, 0.717) is 19.3 Å². The standard InChI is InChI=1S/C28H34N2O5/c1-2-3-9-18(16-26(31)30-25-15-8-14-23(25)27(32)33)29-28(34)35-17-24-21-12-6-4-10-19(21)20-11-5-7-13-22(20)24/h4-7,10-13,18,23-25H,2-3,8-9,14-17H2,1H3,(H,29,34)(H,30,31)(H,32,33)/t18?,23-,25+/m1/s1. The lowest BCUT2D eigenvalue weighted by Crippen LogP contribution is -2.44. The van der Waals surface area contributed by atoms with Gasteiger partial charge in [0.2, 0.25) is 5.91 Å². The number of benzene rings is 2. The van der Waals surface area contributed by atoms with E-state index in [2.05, 4.69) is 41.8 Å². The van der Waals surface area contributed by atoms with Crippen molar-refractivity contribution < 1.29 is 24.2 Å². The summed E-state index contributed by atoms with van der Waals surface area (Å²) in [4.78, 5) is 36.8. The number of aliphatic carboxylic acids is 1. The Labute approximate surface area is 206 Å². The van der Waals surface area contributed by atoms with Gasteiger partial charge in [-0.3, -0.25) is 9.59 Å². The molecular formula is C28H34N2O5. The predicted octanol–water partition coefficient (Wildman–Crippen LogP) is 4.84. The van der Waals surface area contributed by atoms with Gasteiger partial charge in [-0.05, 0) is 41.5 Å². The summed E-state index contributed by atoms with van der Waals surface area (Å²) in [6, 6.07) is 15.6. The number of unbranched alkanes of at least 4 members (excludes halogenated alkanes) is 1. The molecule has 1 fully saturated rings. The molecule has 0 spiro atoms. The first-order chi connectivity index (χ1) is 17.0. The van der Waals surface area contributed by atoms with E-state index in [4.69, 9.17) is 4.74 Å². The molecule has 3 N–H and O–H groups in total. The normalized spacial score (nSPS) is 19.5. The van der Waals surface area contributed by atoms with Crippen molar-refractivity contribution in [1.29, 1.82) is 0 Å². The molecule has 2 aliphatic carbocycles. The number of rotatable bonds is 10. The largest absolute Gasteiger partial charge is 0.481 e. The monoisotopic (exact) mass is 478 g/mol. The van der Waals surface area contributed by atoms with Gasteiger partial charge in [0.25, 0.3) is 0 Å². The minimum atomic E-state index is -0.868. The Kier molecular flexibility index (Phi) is 8.06. The number of amides is 2. The van der Waals surface area contributed by atoms with Crippen LogP contribution in [0.5, 0.6) is 0 Å². The van der Waals surface area contributed by atoms with Crippen LogP contribution < -0.4 is 10.6 Å². The molecule has 1 saturated carbocycles. The van der Waals surface area contributed by atoms with Crippen molar-refractivity contribution in [2.75, 3.05) is 6.61 Å². The first kappa shape index (κ1) is 24.8. The third-order valence-corrected chi connectivity index (χ3v) is 7.18. The molecule has 1 unspecified atom stereocenters. The molecule has 2 aromatic carbocycles. The molecule has 35 heavy (non-hydrogen) atoms. The lowest BCUT2D eigenvalue weighted by Gasteiger charge is -2.22. The molecule has 4 rings (SSSR count). The summed E-state index contributed by atoms with van der Waals surface area (Å²) < 4.78 is 5.65. The minimum absolute atomic E-state index is 0.0270. The van der Waals surface area contributed by atoms with Gasteiger partial charge in [-0.15, -0.1) is 0 Å². The Balaban J connectivity index is 1.34. The Bertz CT molecular complexity index is 1020. The van der Waals surface area contributed by atoms with E-state index < -0.39 is 18.0 Å². The van der Waals surface area contributed by atoms with E-state index in [0.717, 1.165) is 30.4 Å². The lowest BCUT2D eigenvalue weighted by atomic mass is 9.98. The number of carbonyl (C=O) groups is 3. The van der Waals surface area contributed by atoms with Crippen LogP contribution in [0.3, 0.4) is 0 Å². The molecule has 7 heteroatoms. The topological polar surface area (TPSA) is 105 Å². The highest BCUT2D eigenvalue weighted by atomic mass is 16.5. The lowest BCUT2D eigenvalue weighted by molar-refractivity contribution is -0.142. The van der Waals surface area contributed by atoms with Gasteiger partial charge in [-0.25, -0.2) is 4.79 Å². The van der Waals surface area contributed by atoms with Crippen LogP contribution in [0.4, 0.5) is 4.79 Å². The smallest absolute Gasteiger partial charge is 0.407 e. The van der Waals surface area contributed by atoms with Gasteiger partial charge in [-0.2, -0.15) is 0 Å². The van der Waals surface area contributed by atoms with E-state index in [-0.39, 0.29) is 36.9 Å². The maximum atomic E-state index is 12.7. The zero-order chi connectivity index (χ0) is 24.8. The quantitative estimate of drug-likeness (QED) is 0.453. The Morgan fingerprint density at radius 2 is 1.69 bits per heavy atom. The number of carboxylic acid groups (broad SMARTS) is 1. The molecule has 186 valence electrons. The highest BCUT2D eigenvalue weighted by molar-refractivity contribution is 5.80. The molecule has 2 aliphatic rings. The van der Waals surface area contributed by atoms with Gasteiger partial charge in [0.1, 0.15) is 6.61 Å². The average molecular weight is 479 g/mol. The summed E-state index contributed by atoms with van der Waals surface area (Å²) in [5, 5.41) is 15.1. The van der Waals surface area contributed by atoms with Crippen LogP contribution in [0.15, 0.2) is 48.5 Å². The van der Waals surface area contributed by atoms with Crippen molar-refractivity contribution in [2.24, 2.45) is 5.92 Å². The first-order valence-electron chi connectivity index (χ1n) is 12.6. The summed E-state index contributed by atoms with van der Waals surface area (Å²) >= 11 is 0. The summed E-state index contributed by atoms with van der Waals surface area (Å²) in [6.45, 7) is 2.27. The van der Waals surface area contributed by atoms with Gasteiger partial charge in [0.05, 0.1) is 5.92 Å². The SMILES string of the molecule is CCCCC(CC(=O)N[C@H]1CCC[C@H]1C(=O)O)NC(=O)OCC1c2ccccc2-c2ccccc21. The molecule has 2 amide bonds. The van der Waals surface area contributed by atoms with Crippen LogP contribution in [-0.4, -0.2) is 41.8 Å². The van der Waals surface area contributed by atoms with Crippen LogP contribution in [0.1, 0.15) is 68.9 Å². The molecule has 0 bridgehead atoms. The molecule has 2 aromatic rings. The average Bonchev–Trinajstić information content (AvgIpc) is 3.44. The summed E-state index contributed by atoms with van der Waals surface area (Å²) in [7, 11) is 0. The molecule has 0 radical (unpaired) electrons. The van der Waals surface area contributed by atoms with Gasteiger partial charge in [-0.1, -0.05) is 74.7 Å². The maximum Gasteiger partial charge on any atom is 0.407 e. The molecule has 3 atom stereocenters. The number of hydrogen-bond acceptors (Lipinski definition) is 4. The highest BCUT2D eigenvalue weighted by Gasteiger charge is 2.34. The van der Waals surface area contributed by atoms with Gasteiger partial charge in [0.15, 0.2) is 0 Å². The van der Waals surface area contributed by atoms with E-state index in [1.54, 1.807) is 0 Å². The second kappa shape index (κ2) is 11.4. The van der Waals surface area contributed by atoms with Crippen LogP contribution in [0, 0.1) is 5.92 Å². The fourth-order valence-corrected chi connectivity index (χ4v) is 5.40. The molecule has 0 aromatic heterocycles. The predicted molar refractivity (Wildman–Crippen MR) is 133 cm³/mol. The van der Waals surface area contributed by atoms with Crippen LogP contribution in [-0.2, 0) is 14.3 Å². The third-order valence-electron chi connectivity index (χ3n) is 7.18. The Morgan fingerprint density at radius 3 is 2.31 bits per heavy atom. The van der Waals surface area contributed by atoms with Crippen molar-refractivity contribution in [1.82, 2.24) is 10.6 Å². The zero-order valence-corrected chi connectivity index (χ0v) is 20.2. The minimum Gasteiger partial charge on any atom is -0.481 e. The maximum absolute atomic E-state index is 12.7. The molecule has 0 aliphatic heterocycles. The fourth-order valence-electron chi connectivity index (χ4n) is 5.40. The van der Waals surface area contributed by atoms with E-state index in [1.807, 2.05) is 24.3 Å². The molecule has 0 heterocycles. The van der Waals surface area contributed by atoms with Crippen molar-refractivity contribution >= 4 is 18.0 Å². The Hall–Kier alpha value is -3.35. The van der Waals surface area contributed by atoms with E-state index >= 15 is 0 Å². The summed E-state index contributed by atoms with van der Waals surface area (Å²) in [6.07, 6.45) is 4.06. The number of alkyl carbamates (subject to hydrolysis) is 1. The van der Waals surface area contributed by atoms with Gasteiger partial charge < -0.3 is 20.5 Å².